The van der Waals surface area contributed by atoms with E-state index in [9.17, 15) is 15.0 Å². The fourth-order valence-electron chi connectivity index (χ4n) is 2.48. The number of ketones is 1. The molecular weight excluding hydrogens is 212 g/mol. The lowest BCUT2D eigenvalue weighted by atomic mass is 9.84. The standard InChI is InChI=1S/C11H14O5/c1-11(2)3-4(12)5-8(16-11)6(13)7(14)10-9(5)15-10/h6-7,9-10,13-14H,3H2,1-2H3/t6-,7-,9+,10-/m1/s1. The van der Waals surface area contributed by atoms with Crippen LogP contribution in [0, 0.1) is 0 Å². The number of Topliss-reactive ketones (excluding diaryl/α,β-unsaturated/α-hetero) is 1. The Labute approximate surface area is 92.7 Å². The van der Waals surface area contributed by atoms with Crippen LogP contribution in [-0.4, -0.2) is 46.0 Å². The van der Waals surface area contributed by atoms with E-state index in [1.54, 1.807) is 13.8 Å². The summed E-state index contributed by atoms with van der Waals surface area (Å²) in [6, 6.07) is 0. The second kappa shape index (κ2) is 2.85. The van der Waals surface area contributed by atoms with Crippen LogP contribution in [-0.2, 0) is 14.3 Å². The second-order valence-corrected chi connectivity index (χ2v) is 5.20. The van der Waals surface area contributed by atoms with E-state index in [2.05, 4.69) is 0 Å². The van der Waals surface area contributed by atoms with Gasteiger partial charge in [-0.25, -0.2) is 0 Å². The minimum absolute atomic E-state index is 0.0512. The molecule has 5 heteroatoms. The number of epoxide rings is 1. The zero-order valence-electron chi connectivity index (χ0n) is 9.14. The zero-order chi connectivity index (χ0) is 11.7. The maximum Gasteiger partial charge on any atom is 0.169 e. The highest BCUT2D eigenvalue weighted by Crippen LogP contribution is 2.46. The molecule has 0 aromatic rings. The molecule has 1 fully saturated rings. The van der Waals surface area contributed by atoms with E-state index in [0.717, 1.165) is 0 Å². The lowest BCUT2D eigenvalue weighted by molar-refractivity contribution is -0.127. The molecule has 3 rings (SSSR count). The third kappa shape index (κ3) is 1.25. The molecule has 0 saturated carbocycles. The van der Waals surface area contributed by atoms with Crippen LogP contribution in [0.2, 0.25) is 0 Å². The van der Waals surface area contributed by atoms with Crippen molar-refractivity contribution in [2.24, 2.45) is 0 Å². The fourth-order valence-corrected chi connectivity index (χ4v) is 2.48. The first-order valence-corrected chi connectivity index (χ1v) is 5.38. The first kappa shape index (κ1) is 10.3. The predicted octanol–water partition coefficient (Wildman–Crippen LogP) is -0.489. The number of hydrogen-bond donors (Lipinski definition) is 2. The van der Waals surface area contributed by atoms with Crippen molar-refractivity contribution in [1.29, 1.82) is 0 Å². The molecular formula is C11H14O5. The van der Waals surface area contributed by atoms with Crippen LogP contribution in [0.15, 0.2) is 11.3 Å². The first-order valence-electron chi connectivity index (χ1n) is 5.38. The van der Waals surface area contributed by atoms with Crippen molar-refractivity contribution in [1.82, 2.24) is 0 Å². The quantitative estimate of drug-likeness (QED) is 0.545. The summed E-state index contributed by atoms with van der Waals surface area (Å²) < 4.78 is 10.8. The van der Waals surface area contributed by atoms with Crippen LogP contribution >= 0.6 is 0 Å². The zero-order valence-corrected chi connectivity index (χ0v) is 9.14. The van der Waals surface area contributed by atoms with Gasteiger partial charge in [-0.3, -0.25) is 4.79 Å². The molecule has 0 radical (unpaired) electrons. The van der Waals surface area contributed by atoms with Gasteiger partial charge in [0.25, 0.3) is 0 Å². The highest BCUT2D eigenvalue weighted by atomic mass is 16.6. The fraction of sp³-hybridized carbons (Fsp3) is 0.727. The van der Waals surface area contributed by atoms with Crippen molar-refractivity contribution >= 4 is 5.78 Å². The van der Waals surface area contributed by atoms with Gasteiger partial charge in [0.1, 0.15) is 35.8 Å². The molecule has 4 atom stereocenters. The maximum absolute atomic E-state index is 11.9. The monoisotopic (exact) mass is 226 g/mol. The largest absolute Gasteiger partial charge is 0.488 e. The highest BCUT2D eigenvalue weighted by molar-refractivity contribution is 5.99. The molecule has 88 valence electrons. The van der Waals surface area contributed by atoms with Crippen molar-refractivity contribution in [2.75, 3.05) is 0 Å². The van der Waals surface area contributed by atoms with Gasteiger partial charge < -0.3 is 19.7 Å². The molecule has 0 unspecified atom stereocenters. The van der Waals surface area contributed by atoms with Crippen LogP contribution in [0.1, 0.15) is 20.3 Å². The first-order chi connectivity index (χ1) is 7.41. The van der Waals surface area contributed by atoms with Crippen LogP contribution in [0.5, 0.6) is 0 Å². The maximum atomic E-state index is 11.9. The molecule has 2 aliphatic heterocycles. The molecule has 0 spiro atoms. The minimum atomic E-state index is -1.15. The molecule has 1 saturated heterocycles. The van der Waals surface area contributed by atoms with Gasteiger partial charge in [-0.15, -0.1) is 0 Å². The highest BCUT2D eigenvalue weighted by Gasteiger charge is 2.59. The smallest absolute Gasteiger partial charge is 0.169 e. The molecule has 2 N–H and O–H groups in total. The molecule has 0 aromatic heterocycles. The minimum Gasteiger partial charge on any atom is -0.488 e. The van der Waals surface area contributed by atoms with Gasteiger partial charge in [-0.05, 0) is 13.8 Å². The summed E-state index contributed by atoms with van der Waals surface area (Å²) in [6.45, 7) is 3.57. The lowest BCUT2D eigenvalue weighted by Gasteiger charge is -2.37. The van der Waals surface area contributed by atoms with Gasteiger partial charge in [-0.1, -0.05) is 0 Å². The summed E-state index contributed by atoms with van der Waals surface area (Å²) >= 11 is 0. The number of aliphatic hydroxyl groups is 2. The Bertz CT molecular complexity index is 397. The molecule has 1 aliphatic carbocycles. The van der Waals surface area contributed by atoms with E-state index in [-0.39, 0.29) is 24.1 Å². The van der Waals surface area contributed by atoms with Crippen molar-refractivity contribution < 1.29 is 24.5 Å². The lowest BCUT2D eigenvalue weighted by Crippen LogP contribution is -2.46. The SMILES string of the molecule is CC1(C)CC(=O)C2=C(O1)[C@H](O)[C@@H](O)[C@H]1O[C@@H]21. The summed E-state index contributed by atoms with van der Waals surface area (Å²) in [6.07, 6.45) is -2.69. The Hall–Kier alpha value is -0.910. The van der Waals surface area contributed by atoms with Crippen molar-refractivity contribution in [3.8, 4) is 0 Å². The van der Waals surface area contributed by atoms with Crippen LogP contribution in [0.25, 0.3) is 0 Å². The number of carbonyl (C=O) groups is 1. The van der Waals surface area contributed by atoms with E-state index in [1.165, 1.54) is 0 Å². The van der Waals surface area contributed by atoms with E-state index < -0.39 is 23.9 Å². The van der Waals surface area contributed by atoms with Crippen molar-refractivity contribution in [3.63, 3.8) is 0 Å². The summed E-state index contributed by atoms with van der Waals surface area (Å²) in [7, 11) is 0. The van der Waals surface area contributed by atoms with Gasteiger partial charge in [0.05, 0.1) is 12.0 Å². The van der Waals surface area contributed by atoms with Gasteiger partial charge in [0.15, 0.2) is 5.78 Å². The number of fused-ring (bicyclic) bond motifs is 2. The van der Waals surface area contributed by atoms with Crippen molar-refractivity contribution in [3.05, 3.63) is 11.3 Å². The Kier molecular flexibility index (Phi) is 1.83. The summed E-state index contributed by atoms with van der Waals surface area (Å²) in [4.78, 5) is 11.9. The molecule has 16 heavy (non-hydrogen) atoms. The van der Waals surface area contributed by atoms with Gasteiger partial charge >= 0.3 is 0 Å². The van der Waals surface area contributed by atoms with Crippen LogP contribution in [0.4, 0.5) is 0 Å². The average Bonchev–Trinajstić information content (AvgIpc) is 2.91. The normalized spacial score (nSPS) is 44.6. The average molecular weight is 226 g/mol. The second-order valence-electron chi connectivity index (χ2n) is 5.20. The van der Waals surface area contributed by atoms with Gasteiger partial charge in [0.2, 0.25) is 0 Å². The third-order valence-electron chi connectivity index (χ3n) is 3.28. The topological polar surface area (TPSA) is 79.3 Å². The van der Waals surface area contributed by atoms with Gasteiger partial charge in [-0.2, -0.15) is 0 Å². The number of carbonyl (C=O) groups excluding carboxylic acids is 1. The summed E-state index contributed by atoms with van der Waals surface area (Å²) in [5, 5.41) is 19.5. The summed E-state index contributed by atoms with van der Waals surface area (Å²) in [5.74, 6) is 0.150. The summed E-state index contributed by atoms with van der Waals surface area (Å²) in [5.41, 5.74) is -0.208. The number of aliphatic hydroxyl groups excluding tert-OH is 2. The van der Waals surface area contributed by atoms with Crippen LogP contribution in [0.3, 0.4) is 0 Å². The van der Waals surface area contributed by atoms with E-state index in [0.29, 0.717) is 5.57 Å². The van der Waals surface area contributed by atoms with Crippen molar-refractivity contribution in [2.45, 2.75) is 50.3 Å². The third-order valence-corrected chi connectivity index (χ3v) is 3.28. The Morgan fingerprint density at radius 2 is 2.06 bits per heavy atom. The Morgan fingerprint density at radius 1 is 1.38 bits per heavy atom. The Morgan fingerprint density at radius 3 is 2.75 bits per heavy atom. The molecule has 2 heterocycles. The molecule has 0 bridgehead atoms. The van der Waals surface area contributed by atoms with Crippen LogP contribution < -0.4 is 0 Å². The van der Waals surface area contributed by atoms with E-state index in [1.807, 2.05) is 0 Å². The van der Waals surface area contributed by atoms with Gasteiger partial charge in [0, 0.05) is 0 Å². The number of hydrogen-bond acceptors (Lipinski definition) is 5. The Balaban J connectivity index is 2.05. The molecule has 5 nitrogen and oxygen atoms in total. The molecule has 0 amide bonds. The molecule has 0 aromatic carbocycles. The molecule has 3 aliphatic rings. The number of ether oxygens (including phenoxy) is 2. The van der Waals surface area contributed by atoms with E-state index in [4.69, 9.17) is 9.47 Å². The van der Waals surface area contributed by atoms with E-state index >= 15 is 0 Å². The predicted molar refractivity (Wildman–Crippen MR) is 52.5 cm³/mol. The number of rotatable bonds is 0.